The minimum Gasteiger partial charge on any atom is -0.289 e. The van der Waals surface area contributed by atoms with Gasteiger partial charge in [0.1, 0.15) is 10.7 Å². The van der Waals surface area contributed by atoms with E-state index in [0.29, 0.717) is 21.8 Å². The summed E-state index contributed by atoms with van der Waals surface area (Å²) >= 11 is 0. The summed E-state index contributed by atoms with van der Waals surface area (Å²) in [7, 11) is 0. The van der Waals surface area contributed by atoms with Crippen molar-refractivity contribution in [3.63, 3.8) is 0 Å². The van der Waals surface area contributed by atoms with Crippen molar-refractivity contribution in [2.24, 2.45) is 9.98 Å². The second kappa shape index (κ2) is 3.06. The van der Waals surface area contributed by atoms with Gasteiger partial charge in [0.15, 0.2) is 11.6 Å². The van der Waals surface area contributed by atoms with Crippen molar-refractivity contribution in [2.45, 2.75) is 0 Å². The number of nitrogens with zero attached hydrogens (tertiary/aromatic N) is 2. The van der Waals surface area contributed by atoms with Gasteiger partial charge >= 0.3 is 0 Å². The van der Waals surface area contributed by atoms with Gasteiger partial charge in [0, 0.05) is 35.7 Å². The molecule has 2 aliphatic rings. The highest BCUT2D eigenvalue weighted by Crippen LogP contribution is 2.04. The fourth-order valence-corrected chi connectivity index (χ4v) is 1.78. The predicted octanol–water partition coefficient (Wildman–Crippen LogP) is 0.346. The van der Waals surface area contributed by atoms with Crippen LogP contribution in [-0.2, 0) is 0 Å². The van der Waals surface area contributed by atoms with Gasteiger partial charge in [0.2, 0.25) is 0 Å². The van der Waals surface area contributed by atoms with Crippen LogP contribution in [0.4, 0.5) is 0 Å². The van der Waals surface area contributed by atoms with Crippen LogP contribution in [-0.4, -0.2) is 11.6 Å². The summed E-state index contributed by atoms with van der Waals surface area (Å²) in [4.78, 5) is 31.3. The number of fused-ring (bicyclic) bond motifs is 3. The summed E-state index contributed by atoms with van der Waals surface area (Å²) in [5, 5.41) is 0.977. The smallest absolute Gasteiger partial charge is 0.189 e. The highest BCUT2D eigenvalue weighted by Gasteiger charge is 2.16. The summed E-state index contributed by atoms with van der Waals surface area (Å²) in [6.07, 6.45) is 5.66. The third kappa shape index (κ3) is 1.10. The molecule has 1 aromatic carbocycles. The van der Waals surface area contributed by atoms with Crippen LogP contribution >= 0.6 is 0 Å². The lowest BCUT2D eigenvalue weighted by molar-refractivity contribution is 0.103. The summed E-state index contributed by atoms with van der Waals surface area (Å²) < 4.78 is 0. The fraction of sp³-hybridized carbons (Fsp3) is 0. The van der Waals surface area contributed by atoms with E-state index in [1.165, 1.54) is 24.6 Å². The van der Waals surface area contributed by atoms with Crippen molar-refractivity contribution in [2.75, 3.05) is 0 Å². The van der Waals surface area contributed by atoms with Gasteiger partial charge in [-0.15, -0.1) is 0 Å². The van der Waals surface area contributed by atoms with E-state index < -0.39 is 0 Å². The quantitative estimate of drug-likeness (QED) is 0.620. The van der Waals surface area contributed by atoms with E-state index in [0.717, 1.165) is 0 Å². The van der Waals surface area contributed by atoms with E-state index in [1.54, 1.807) is 12.1 Å². The molecule has 0 bridgehead atoms. The van der Waals surface area contributed by atoms with Crippen LogP contribution in [0.25, 0.3) is 0 Å². The van der Waals surface area contributed by atoms with E-state index in [2.05, 4.69) is 9.98 Å². The number of benzene rings is 1. The van der Waals surface area contributed by atoms with Gasteiger partial charge in [-0.25, -0.2) is 0 Å². The molecule has 0 radical (unpaired) electrons. The van der Waals surface area contributed by atoms with Crippen LogP contribution in [0.15, 0.2) is 46.7 Å². The zero-order valence-electron chi connectivity index (χ0n) is 8.18. The average molecular weight is 210 g/mol. The van der Waals surface area contributed by atoms with Crippen molar-refractivity contribution in [3.8, 4) is 0 Å². The van der Waals surface area contributed by atoms with Crippen LogP contribution in [0.2, 0.25) is 0 Å². The molecule has 0 fully saturated rings. The van der Waals surface area contributed by atoms with Crippen LogP contribution in [0.3, 0.4) is 0 Å². The normalized spacial score (nSPS) is 16.2. The zero-order chi connectivity index (χ0) is 11.1. The highest BCUT2D eigenvalue weighted by molar-refractivity contribution is 6.07. The standard InChI is InChI=1S/C12H6N2O2/c15-9-3-5-13-11-7(9)1-2-8-10(16)4-6-14-12(8)11/h1-6H. The number of carbonyl (C=O) groups is 2. The Bertz CT molecular complexity index is 635. The molecule has 0 aromatic heterocycles. The molecule has 0 saturated heterocycles. The summed E-state index contributed by atoms with van der Waals surface area (Å²) in [5.41, 5.74) is 0.987. The minimum absolute atomic E-state index is 0.106. The maximum Gasteiger partial charge on any atom is 0.189 e. The maximum atomic E-state index is 11.6. The molecule has 0 aliphatic carbocycles. The highest BCUT2D eigenvalue weighted by atomic mass is 16.1. The second-order valence-corrected chi connectivity index (χ2v) is 3.48. The molecule has 1 aromatic rings. The second-order valence-electron chi connectivity index (χ2n) is 3.48. The van der Waals surface area contributed by atoms with Gasteiger partial charge in [-0.1, -0.05) is 0 Å². The molecule has 3 rings (SSSR count). The van der Waals surface area contributed by atoms with E-state index >= 15 is 0 Å². The Kier molecular flexibility index (Phi) is 1.71. The fourth-order valence-electron chi connectivity index (χ4n) is 1.78. The van der Waals surface area contributed by atoms with Gasteiger partial charge in [-0.05, 0) is 12.1 Å². The Balaban J connectivity index is 2.51. The first-order chi connectivity index (χ1) is 7.77. The monoisotopic (exact) mass is 210 g/mol. The average Bonchev–Trinajstić information content (AvgIpc) is 2.30. The lowest BCUT2D eigenvalue weighted by Gasteiger charge is -2.06. The van der Waals surface area contributed by atoms with Crippen molar-refractivity contribution < 1.29 is 9.59 Å². The lowest BCUT2D eigenvalue weighted by Crippen LogP contribution is -2.37. The predicted molar refractivity (Wildman–Crippen MR) is 55.7 cm³/mol. The first-order valence-corrected chi connectivity index (χ1v) is 4.78. The molecule has 0 atom stereocenters. The molecule has 4 heteroatoms. The number of hydrogen-bond acceptors (Lipinski definition) is 4. The zero-order valence-corrected chi connectivity index (χ0v) is 8.18. The molecule has 76 valence electrons. The minimum atomic E-state index is -0.106. The van der Waals surface area contributed by atoms with Crippen LogP contribution in [0.1, 0.15) is 20.7 Å². The number of allylic oxidation sites excluding steroid dienone is 2. The van der Waals surface area contributed by atoms with Crippen molar-refractivity contribution in [1.29, 1.82) is 0 Å². The van der Waals surface area contributed by atoms with E-state index in [4.69, 9.17) is 0 Å². The Morgan fingerprint density at radius 3 is 1.62 bits per heavy atom. The van der Waals surface area contributed by atoms with Crippen molar-refractivity contribution >= 4 is 11.6 Å². The number of ketones is 2. The van der Waals surface area contributed by atoms with Crippen molar-refractivity contribution in [3.05, 3.63) is 58.5 Å². The lowest BCUT2D eigenvalue weighted by atomic mass is 10.0. The van der Waals surface area contributed by atoms with Gasteiger partial charge in [-0.2, -0.15) is 0 Å². The number of carbonyl (C=O) groups excluding carboxylic acids is 2. The molecule has 0 saturated carbocycles. The van der Waals surface area contributed by atoms with Crippen LogP contribution < -0.4 is 10.7 Å². The summed E-state index contributed by atoms with van der Waals surface area (Å²) in [5.74, 6) is -0.213. The Morgan fingerprint density at radius 1 is 0.750 bits per heavy atom. The Morgan fingerprint density at radius 2 is 1.19 bits per heavy atom. The molecule has 16 heavy (non-hydrogen) atoms. The first-order valence-electron chi connectivity index (χ1n) is 4.78. The Labute approximate surface area is 90.3 Å². The SMILES string of the molecule is O=C1C=CN=c2c1ccc1c2=NC=CC1=O. The molecular weight excluding hydrogens is 204 g/mol. The van der Waals surface area contributed by atoms with Gasteiger partial charge in [-0.3, -0.25) is 19.6 Å². The molecule has 0 amide bonds. The molecular formula is C12H6N2O2. The molecule has 0 N–H and O–H groups in total. The molecule has 0 unspecified atom stereocenters. The topological polar surface area (TPSA) is 58.9 Å². The largest absolute Gasteiger partial charge is 0.289 e. The third-order valence-corrected chi connectivity index (χ3v) is 2.54. The number of rotatable bonds is 0. The molecule has 0 spiro atoms. The van der Waals surface area contributed by atoms with Crippen LogP contribution in [0, 0.1) is 0 Å². The van der Waals surface area contributed by atoms with Gasteiger partial charge < -0.3 is 0 Å². The van der Waals surface area contributed by atoms with E-state index in [9.17, 15) is 9.59 Å². The third-order valence-electron chi connectivity index (χ3n) is 2.54. The summed E-state index contributed by atoms with van der Waals surface area (Å²) in [6, 6.07) is 3.24. The van der Waals surface area contributed by atoms with Gasteiger partial charge in [0.05, 0.1) is 0 Å². The van der Waals surface area contributed by atoms with E-state index in [-0.39, 0.29) is 11.6 Å². The Hall–Kier alpha value is -2.36. The first kappa shape index (κ1) is 8.91. The molecule has 2 heterocycles. The van der Waals surface area contributed by atoms with Crippen molar-refractivity contribution in [1.82, 2.24) is 0 Å². The molecule has 2 aliphatic heterocycles. The number of hydrogen-bond donors (Lipinski definition) is 0. The summed E-state index contributed by atoms with van der Waals surface area (Å²) in [6.45, 7) is 0. The van der Waals surface area contributed by atoms with Crippen LogP contribution in [0.5, 0.6) is 0 Å². The molecule has 4 nitrogen and oxygen atoms in total. The van der Waals surface area contributed by atoms with Gasteiger partial charge in [0.25, 0.3) is 0 Å². The van der Waals surface area contributed by atoms with E-state index in [1.807, 2.05) is 0 Å². The maximum absolute atomic E-state index is 11.6.